The number of halogens is 1. The van der Waals surface area contributed by atoms with Gasteiger partial charge in [-0.15, -0.1) is 11.8 Å². The normalized spacial score (nSPS) is 36.9. The lowest BCUT2D eigenvalue weighted by atomic mass is 9.66. The highest BCUT2D eigenvalue weighted by Gasteiger charge is 2.65. The first-order valence-electron chi connectivity index (χ1n) is 9.05. The number of hydrogen-bond donors (Lipinski definition) is 1. The van der Waals surface area contributed by atoms with Crippen LogP contribution in [-0.2, 0) is 9.59 Å². The summed E-state index contributed by atoms with van der Waals surface area (Å²) in [5, 5.41) is 12.8. The van der Waals surface area contributed by atoms with Gasteiger partial charge in [0.2, 0.25) is 0 Å². The average molecular weight is 479 g/mol. The highest BCUT2D eigenvalue weighted by Crippen LogP contribution is 2.68. The number of nitrogens with one attached hydrogen (secondary N) is 1. The summed E-state index contributed by atoms with van der Waals surface area (Å²) < 4.78 is 6.60. The number of aliphatic carboxylic acids is 1. The van der Waals surface area contributed by atoms with E-state index in [1.807, 2.05) is 6.07 Å². The van der Waals surface area contributed by atoms with Crippen molar-refractivity contribution in [1.29, 1.82) is 0 Å². The van der Waals surface area contributed by atoms with Crippen molar-refractivity contribution in [3.8, 4) is 5.75 Å². The first kappa shape index (κ1) is 17.3. The number of rotatable bonds is 1. The van der Waals surface area contributed by atoms with Crippen molar-refractivity contribution in [2.24, 2.45) is 29.6 Å². The number of carbonyl (C=O) groups is 2. The van der Waals surface area contributed by atoms with Crippen LogP contribution in [-0.4, -0.2) is 22.2 Å². The fourth-order valence-corrected chi connectivity index (χ4v) is 9.22. The number of benzene rings is 1. The molecule has 2 saturated carbocycles. The van der Waals surface area contributed by atoms with E-state index in [-0.39, 0.29) is 33.8 Å². The molecule has 0 saturated heterocycles. The van der Waals surface area contributed by atoms with Crippen LogP contribution in [0.2, 0.25) is 0 Å². The van der Waals surface area contributed by atoms with E-state index in [4.69, 9.17) is 4.74 Å². The van der Waals surface area contributed by atoms with Gasteiger partial charge in [0.25, 0.3) is 0 Å². The van der Waals surface area contributed by atoms with Crippen molar-refractivity contribution in [3.05, 3.63) is 42.8 Å². The number of aromatic nitrogens is 1. The third-order valence-corrected chi connectivity index (χ3v) is 9.86. The van der Waals surface area contributed by atoms with Crippen molar-refractivity contribution >= 4 is 51.0 Å². The molecule has 7 atom stereocenters. The molecule has 6 nitrogen and oxygen atoms in total. The Labute approximate surface area is 175 Å². The highest BCUT2D eigenvalue weighted by molar-refractivity contribution is 9.10. The molecule has 9 heteroatoms. The average Bonchev–Trinajstić information content (AvgIpc) is 3.30. The summed E-state index contributed by atoms with van der Waals surface area (Å²) in [6.07, 6.45) is 0.680. The van der Waals surface area contributed by atoms with Crippen LogP contribution in [0.25, 0.3) is 0 Å². The number of esters is 1. The maximum Gasteiger partial charge on any atom is 0.315 e. The molecule has 1 aromatic carbocycles. The van der Waals surface area contributed by atoms with Crippen LogP contribution < -0.4 is 14.7 Å². The predicted octanol–water partition coefficient (Wildman–Crippen LogP) is 1.97. The minimum absolute atomic E-state index is 0.0321. The fourth-order valence-electron chi connectivity index (χ4n) is 5.96. The maximum atomic E-state index is 13.0. The van der Waals surface area contributed by atoms with Crippen LogP contribution >= 0.6 is 39.0 Å². The van der Waals surface area contributed by atoms with Gasteiger partial charge in [0.05, 0.1) is 10.9 Å². The van der Waals surface area contributed by atoms with Crippen LogP contribution in [0.5, 0.6) is 5.75 Å². The summed E-state index contributed by atoms with van der Waals surface area (Å²) in [5.74, 6) is -2.96. The van der Waals surface area contributed by atoms with Crippen molar-refractivity contribution in [3.63, 3.8) is 0 Å². The largest absolute Gasteiger partial charge is 0.550 e. The molecule has 2 aliphatic heterocycles. The van der Waals surface area contributed by atoms with E-state index in [2.05, 4.69) is 20.9 Å². The lowest BCUT2D eigenvalue weighted by Crippen LogP contribution is -2.52. The number of thioether (sulfide) groups is 1. The van der Waals surface area contributed by atoms with Gasteiger partial charge in [-0.2, -0.15) is 0 Å². The molecule has 1 aromatic heterocycles. The zero-order valence-corrected chi connectivity index (χ0v) is 17.4. The molecular formula is C19H13BrNO5S2-. The van der Waals surface area contributed by atoms with E-state index in [0.717, 1.165) is 19.9 Å². The quantitative estimate of drug-likeness (QED) is 0.496. The van der Waals surface area contributed by atoms with E-state index >= 15 is 0 Å². The maximum absolute atomic E-state index is 13.0. The zero-order chi connectivity index (χ0) is 19.3. The Morgan fingerprint density at radius 2 is 2.11 bits per heavy atom. The van der Waals surface area contributed by atoms with Crippen molar-refractivity contribution in [1.82, 2.24) is 4.98 Å². The van der Waals surface area contributed by atoms with Gasteiger partial charge in [-0.05, 0) is 42.4 Å². The van der Waals surface area contributed by atoms with E-state index in [9.17, 15) is 19.5 Å². The Morgan fingerprint density at radius 1 is 1.29 bits per heavy atom. The monoisotopic (exact) mass is 478 g/mol. The van der Waals surface area contributed by atoms with Gasteiger partial charge in [0, 0.05) is 38.0 Å². The number of carboxylic acids is 1. The fraction of sp³-hybridized carbons (Fsp3) is 0.421. The molecule has 0 radical (unpaired) electrons. The summed E-state index contributed by atoms with van der Waals surface area (Å²) in [7, 11) is 0. The van der Waals surface area contributed by atoms with Crippen LogP contribution in [0.4, 0.5) is 0 Å². The molecule has 4 aliphatic rings. The summed E-state index contributed by atoms with van der Waals surface area (Å²) >= 11 is 6.28. The Hall–Kier alpha value is -1.58. The minimum Gasteiger partial charge on any atom is -0.550 e. The molecule has 0 spiro atoms. The molecule has 7 unspecified atom stereocenters. The third kappa shape index (κ3) is 2.12. The van der Waals surface area contributed by atoms with Crippen molar-refractivity contribution < 1.29 is 19.4 Å². The van der Waals surface area contributed by atoms with Crippen LogP contribution in [0.1, 0.15) is 22.8 Å². The number of carbonyl (C=O) groups excluding carboxylic acids is 2. The summed E-state index contributed by atoms with van der Waals surface area (Å²) in [4.78, 5) is 40.8. The van der Waals surface area contributed by atoms with Crippen molar-refractivity contribution in [2.45, 2.75) is 22.6 Å². The van der Waals surface area contributed by atoms with E-state index < -0.39 is 23.8 Å². The molecule has 2 aromatic rings. The molecule has 28 heavy (non-hydrogen) atoms. The second kappa shape index (κ2) is 5.73. The lowest BCUT2D eigenvalue weighted by Gasteiger charge is -2.47. The minimum atomic E-state index is -1.17. The molecule has 0 amide bonds. The zero-order valence-electron chi connectivity index (χ0n) is 14.2. The smallest absolute Gasteiger partial charge is 0.315 e. The Balaban J connectivity index is 1.64. The van der Waals surface area contributed by atoms with E-state index in [1.165, 1.54) is 11.3 Å². The second-order valence-corrected chi connectivity index (χ2v) is 11.0. The molecule has 144 valence electrons. The third-order valence-electron chi connectivity index (χ3n) is 6.77. The molecule has 2 aliphatic carbocycles. The van der Waals surface area contributed by atoms with Gasteiger partial charge in [-0.25, -0.2) is 0 Å². The van der Waals surface area contributed by atoms with Crippen LogP contribution in [0.15, 0.2) is 32.5 Å². The van der Waals surface area contributed by atoms with Gasteiger partial charge in [0.1, 0.15) is 5.75 Å². The van der Waals surface area contributed by atoms with E-state index in [1.54, 1.807) is 23.9 Å². The summed E-state index contributed by atoms with van der Waals surface area (Å²) in [6.45, 7) is 0. The summed E-state index contributed by atoms with van der Waals surface area (Å²) in [6, 6.07) is 5.49. The number of thiazole rings is 1. The number of H-pyrrole nitrogens is 1. The molecule has 6 rings (SSSR count). The highest BCUT2D eigenvalue weighted by atomic mass is 79.9. The predicted molar refractivity (Wildman–Crippen MR) is 103 cm³/mol. The number of hydrogen-bond acceptors (Lipinski definition) is 7. The number of ether oxygens (including phenoxy) is 1. The van der Waals surface area contributed by atoms with Crippen LogP contribution in [0, 0.1) is 29.6 Å². The molecule has 1 N–H and O–H groups in total. The molecule has 2 fully saturated rings. The first-order valence-corrected chi connectivity index (χ1v) is 11.5. The van der Waals surface area contributed by atoms with Gasteiger partial charge in [-0.3, -0.25) is 9.59 Å². The SMILES string of the molecule is O=C([O-])C1C2CC3C1C(=O)Oc1ccc(Br)cc1C1c4sc(=O)[nH]c4SC2C13. The summed E-state index contributed by atoms with van der Waals surface area (Å²) in [5.41, 5.74) is 0.880. The van der Waals surface area contributed by atoms with Gasteiger partial charge >= 0.3 is 10.8 Å². The number of carboxylic acid groups (broad SMARTS) is 1. The second-order valence-electron chi connectivity index (χ2n) is 7.88. The topological polar surface area (TPSA) is 99.3 Å². The standard InChI is InChI=1S/C19H14BrNO5S2/c20-5-1-2-9-6(3-5)10-11-7-4-8(12(17(22)23)13(7)18(24)26-9)14(11)27-16-15(10)28-19(25)21-16/h1-3,7-8,10-14H,4H2,(H,21,25)(H,22,23)/p-1. The lowest BCUT2D eigenvalue weighted by molar-refractivity contribution is -0.315. The first-order chi connectivity index (χ1) is 13.4. The van der Waals surface area contributed by atoms with Gasteiger partial charge in [0.15, 0.2) is 0 Å². The number of aromatic amines is 1. The van der Waals surface area contributed by atoms with Gasteiger partial charge < -0.3 is 19.6 Å². The van der Waals surface area contributed by atoms with Crippen molar-refractivity contribution in [2.75, 3.05) is 0 Å². The molecule has 2 bridgehead atoms. The Kier molecular flexibility index (Phi) is 3.54. The van der Waals surface area contributed by atoms with E-state index in [0.29, 0.717) is 12.2 Å². The van der Waals surface area contributed by atoms with Crippen LogP contribution in [0.3, 0.4) is 0 Å². The Bertz CT molecular complexity index is 1110. The van der Waals surface area contributed by atoms with Gasteiger partial charge in [-0.1, -0.05) is 27.3 Å². The molecule has 3 heterocycles. The molecular weight excluding hydrogens is 466 g/mol. The number of fused-ring (bicyclic) bond motifs is 6. The Morgan fingerprint density at radius 3 is 2.89 bits per heavy atom.